The summed E-state index contributed by atoms with van der Waals surface area (Å²) in [5.74, 6) is 2.50. The van der Waals surface area contributed by atoms with E-state index in [1.165, 1.54) is 0 Å². The number of aryl methyl sites for hydroxylation is 1. The third kappa shape index (κ3) is 5.58. The van der Waals surface area contributed by atoms with Gasteiger partial charge in [0.1, 0.15) is 17.2 Å². The van der Waals surface area contributed by atoms with Crippen LogP contribution >= 0.6 is 0 Å². The third-order valence-corrected chi connectivity index (χ3v) is 5.28. The number of hydrogen-bond donors (Lipinski definition) is 1. The summed E-state index contributed by atoms with van der Waals surface area (Å²) in [6.07, 6.45) is 1.51. The topological polar surface area (TPSA) is 83.8 Å². The van der Waals surface area contributed by atoms with Crippen molar-refractivity contribution >= 4 is 5.91 Å². The second-order valence-electron chi connectivity index (χ2n) is 7.40. The molecule has 3 aromatic rings. The summed E-state index contributed by atoms with van der Waals surface area (Å²) >= 11 is 0. The molecule has 0 aliphatic carbocycles. The van der Waals surface area contributed by atoms with Crippen molar-refractivity contribution in [2.24, 2.45) is 0 Å². The number of aromatic nitrogens is 2. The van der Waals surface area contributed by atoms with Crippen LogP contribution in [0, 0.1) is 0 Å². The third-order valence-electron chi connectivity index (χ3n) is 5.28. The predicted molar refractivity (Wildman–Crippen MR) is 127 cm³/mol. The highest BCUT2D eigenvalue weighted by Crippen LogP contribution is 2.33. The quantitative estimate of drug-likeness (QED) is 0.473. The molecule has 0 atom stereocenters. The van der Waals surface area contributed by atoms with Crippen LogP contribution in [0.2, 0.25) is 0 Å². The zero-order valence-electron chi connectivity index (χ0n) is 19.8. The molecule has 0 saturated carbocycles. The number of carbonyl (C=O) groups is 1. The Bertz CT molecular complexity index is 1090. The van der Waals surface area contributed by atoms with E-state index in [0.717, 1.165) is 17.5 Å². The van der Waals surface area contributed by atoms with Gasteiger partial charge in [0.25, 0.3) is 5.91 Å². The molecule has 3 rings (SSSR count). The molecule has 8 heteroatoms. The number of ether oxygens (including phenoxy) is 4. The molecule has 33 heavy (non-hydrogen) atoms. The Hall–Kier alpha value is -3.68. The lowest BCUT2D eigenvalue weighted by Gasteiger charge is -2.10. The minimum atomic E-state index is -0.171. The fourth-order valence-electron chi connectivity index (χ4n) is 3.57. The maximum Gasteiger partial charge on any atom is 0.269 e. The summed E-state index contributed by atoms with van der Waals surface area (Å²) in [7, 11) is 6.42. The second-order valence-corrected chi connectivity index (χ2v) is 7.40. The van der Waals surface area contributed by atoms with Gasteiger partial charge in [-0.15, -0.1) is 0 Å². The molecule has 0 fully saturated rings. The van der Waals surface area contributed by atoms with Gasteiger partial charge >= 0.3 is 0 Å². The Morgan fingerprint density at radius 1 is 0.909 bits per heavy atom. The van der Waals surface area contributed by atoms with Crippen molar-refractivity contribution in [2.45, 2.75) is 26.3 Å². The fraction of sp³-hybridized carbons (Fsp3) is 0.360. The summed E-state index contributed by atoms with van der Waals surface area (Å²) < 4.78 is 23.2. The minimum Gasteiger partial charge on any atom is -0.497 e. The Morgan fingerprint density at radius 2 is 1.67 bits per heavy atom. The first-order valence-electron chi connectivity index (χ1n) is 10.8. The lowest BCUT2D eigenvalue weighted by atomic mass is 10.1. The number of nitrogens with one attached hydrogen (secondary N) is 1. The number of carbonyl (C=O) groups excluding carboxylic acids is 1. The van der Waals surface area contributed by atoms with Crippen molar-refractivity contribution in [3.05, 3.63) is 53.7 Å². The average molecular weight is 454 g/mol. The van der Waals surface area contributed by atoms with Crippen LogP contribution in [0.3, 0.4) is 0 Å². The van der Waals surface area contributed by atoms with Gasteiger partial charge in [0.2, 0.25) is 0 Å². The average Bonchev–Trinajstić information content (AvgIpc) is 3.27. The van der Waals surface area contributed by atoms with Crippen LogP contribution in [0.25, 0.3) is 11.3 Å². The van der Waals surface area contributed by atoms with Crippen molar-refractivity contribution in [3.63, 3.8) is 0 Å². The highest BCUT2D eigenvalue weighted by molar-refractivity contribution is 5.94. The molecule has 176 valence electrons. The van der Waals surface area contributed by atoms with E-state index in [-0.39, 0.29) is 5.91 Å². The van der Waals surface area contributed by atoms with Crippen molar-refractivity contribution in [1.82, 2.24) is 15.1 Å². The van der Waals surface area contributed by atoms with Gasteiger partial charge in [-0.1, -0.05) is 13.0 Å². The minimum absolute atomic E-state index is 0.171. The zero-order valence-corrected chi connectivity index (χ0v) is 19.8. The highest BCUT2D eigenvalue weighted by atomic mass is 16.5. The Morgan fingerprint density at radius 3 is 2.33 bits per heavy atom. The van der Waals surface area contributed by atoms with Crippen molar-refractivity contribution in [3.8, 4) is 34.3 Å². The molecule has 0 radical (unpaired) electrons. The summed E-state index contributed by atoms with van der Waals surface area (Å²) in [6.45, 7) is 3.16. The smallest absolute Gasteiger partial charge is 0.269 e. The number of methoxy groups -OCH3 is 4. The highest BCUT2D eigenvalue weighted by Gasteiger charge is 2.18. The normalized spacial score (nSPS) is 10.6. The monoisotopic (exact) mass is 453 g/mol. The van der Waals surface area contributed by atoms with E-state index in [0.29, 0.717) is 53.9 Å². The zero-order chi connectivity index (χ0) is 23.8. The molecular weight excluding hydrogens is 422 g/mol. The first-order valence-corrected chi connectivity index (χ1v) is 10.8. The molecule has 1 heterocycles. The summed E-state index contributed by atoms with van der Waals surface area (Å²) in [4.78, 5) is 13.0. The van der Waals surface area contributed by atoms with Gasteiger partial charge in [-0.05, 0) is 48.7 Å². The first kappa shape index (κ1) is 24.0. The molecule has 0 spiro atoms. The predicted octanol–water partition coefficient (Wildman–Crippen LogP) is 3.97. The van der Waals surface area contributed by atoms with E-state index in [1.807, 2.05) is 37.3 Å². The van der Waals surface area contributed by atoms with Crippen LogP contribution in [0.4, 0.5) is 0 Å². The first-order chi connectivity index (χ1) is 16.0. The number of nitrogens with zero attached hydrogens (tertiary/aromatic N) is 2. The van der Waals surface area contributed by atoms with E-state index in [4.69, 9.17) is 18.9 Å². The SMILES string of the molecule is CCCn1nc(-c2ccc(OC)cc2OC)cc1C(=O)NCCc1ccc(OC)c(OC)c1. The maximum atomic E-state index is 13.0. The van der Waals surface area contributed by atoms with E-state index in [1.54, 1.807) is 45.3 Å². The van der Waals surface area contributed by atoms with E-state index >= 15 is 0 Å². The van der Waals surface area contributed by atoms with Gasteiger partial charge in [0.15, 0.2) is 11.5 Å². The van der Waals surface area contributed by atoms with E-state index in [9.17, 15) is 4.79 Å². The number of benzene rings is 2. The fourth-order valence-corrected chi connectivity index (χ4v) is 3.57. The van der Waals surface area contributed by atoms with Gasteiger partial charge in [0.05, 0.1) is 34.1 Å². The van der Waals surface area contributed by atoms with Gasteiger partial charge in [0, 0.05) is 24.7 Å². The van der Waals surface area contributed by atoms with Crippen molar-refractivity contribution < 1.29 is 23.7 Å². The van der Waals surface area contributed by atoms with Crippen LogP contribution in [-0.4, -0.2) is 50.7 Å². The van der Waals surface area contributed by atoms with Crippen LogP contribution < -0.4 is 24.3 Å². The molecular formula is C25H31N3O5. The second kappa shape index (κ2) is 11.3. The van der Waals surface area contributed by atoms with Crippen LogP contribution in [0.1, 0.15) is 29.4 Å². The van der Waals surface area contributed by atoms with Gasteiger partial charge in [-0.25, -0.2) is 0 Å². The molecule has 1 amide bonds. The molecule has 2 aromatic carbocycles. The molecule has 0 bridgehead atoms. The van der Waals surface area contributed by atoms with Crippen LogP contribution in [-0.2, 0) is 13.0 Å². The van der Waals surface area contributed by atoms with Gasteiger partial charge in [-0.3, -0.25) is 9.48 Å². The molecule has 1 N–H and O–H groups in total. The lowest BCUT2D eigenvalue weighted by Crippen LogP contribution is -2.28. The molecule has 0 aliphatic heterocycles. The largest absolute Gasteiger partial charge is 0.497 e. The standard InChI is InChI=1S/C25H31N3O5/c1-6-13-28-21(16-20(27-28)19-9-8-18(30-2)15-23(19)32-4)25(29)26-12-11-17-7-10-22(31-3)24(14-17)33-5/h7-10,14-16H,6,11-13H2,1-5H3,(H,26,29). The van der Waals surface area contributed by atoms with Crippen LogP contribution in [0.15, 0.2) is 42.5 Å². The van der Waals surface area contributed by atoms with Crippen molar-refractivity contribution in [1.29, 1.82) is 0 Å². The number of rotatable bonds is 11. The molecule has 1 aromatic heterocycles. The Kier molecular flexibility index (Phi) is 8.18. The maximum absolute atomic E-state index is 13.0. The molecule has 0 unspecified atom stereocenters. The van der Waals surface area contributed by atoms with Gasteiger partial charge < -0.3 is 24.3 Å². The van der Waals surface area contributed by atoms with Crippen molar-refractivity contribution in [2.75, 3.05) is 35.0 Å². The molecule has 0 saturated heterocycles. The Labute approximate surface area is 194 Å². The van der Waals surface area contributed by atoms with E-state index in [2.05, 4.69) is 10.4 Å². The Balaban J connectivity index is 1.76. The summed E-state index contributed by atoms with van der Waals surface area (Å²) in [5, 5.41) is 7.67. The lowest BCUT2D eigenvalue weighted by molar-refractivity contribution is 0.0943. The van der Waals surface area contributed by atoms with Gasteiger partial charge in [-0.2, -0.15) is 5.10 Å². The molecule has 8 nitrogen and oxygen atoms in total. The molecule has 0 aliphatic rings. The number of amides is 1. The van der Waals surface area contributed by atoms with Crippen LogP contribution in [0.5, 0.6) is 23.0 Å². The summed E-state index contributed by atoms with van der Waals surface area (Å²) in [5.41, 5.74) is 3.02. The summed E-state index contributed by atoms with van der Waals surface area (Å²) in [6, 6.07) is 13.1. The van der Waals surface area contributed by atoms with E-state index < -0.39 is 0 Å². The number of hydrogen-bond acceptors (Lipinski definition) is 6.